The Hall–Kier alpha value is -3.58. The maximum absolute atomic E-state index is 12.3. The number of carbonyl (C=O) groups excluding carboxylic acids is 2. The second-order valence-corrected chi connectivity index (χ2v) is 6.36. The first kappa shape index (κ1) is 18.2. The molecule has 0 spiro atoms. The Morgan fingerprint density at radius 2 is 2.07 bits per heavy atom. The molecule has 1 aliphatic heterocycles. The number of nitriles is 1. The zero-order chi connectivity index (χ0) is 19.4. The number of rotatable bonds is 5. The van der Waals surface area contributed by atoms with Crippen LogP contribution in [0.5, 0.6) is 5.75 Å². The molecule has 0 atom stereocenters. The van der Waals surface area contributed by atoms with Crippen molar-refractivity contribution in [1.82, 2.24) is 0 Å². The minimum atomic E-state index is -0.603. The minimum absolute atomic E-state index is 0.0473. The van der Waals surface area contributed by atoms with Crippen molar-refractivity contribution in [2.45, 2.75) is 4.90 Å². The van der Waals surface area contributed by atoms with Gasteiger partial charge in [-0.1, -0.05) is 0 Å². The molecule has 27 heavy (non-hydrogen) atoms. The molecule has 3 rings (SSSR count). The highest BCUT2D eigenvalue weighted by atomic mass is 32.2. The number of fused-ring (bicyclic) bond motifs is 1. The van der Waals surface area contributed by atoms with Gasteiger partial charge in [0.15, 0.2) is 5.75 Å². The van der Waals surface area contributed by atoms with Crippen LogP contribution in [-0.2, 0) is 9.59 Å². The monoisotopic (exact) mass is 384 g/mol. The van der Waals surface area contributed by atoms with Gasteiger partial charge in [0, 0.05) is 16.6 Å². The van der Waals surface area contributed by atoms with Gasteiger partial charge in [0.25, 0.3) is 5.69 Å². The van der Waals surface area contributed by atoms with Crippen molar-refractivity contribution < 1.29 is 19.2 Å². The van der Waals surface area contributed by atoms with Crippen molar-refractivity contribution >= 4 is 40.7 Å². The molecule has 1 N–H and O–H groups in total. The van der Waals surface area contributed by atoms with Gasteiger partial charge in [-0.05, 0) is 42.1 Å². The van der Waals surface area contributed by atoms with Gasteiger partial charge in [-0.2, -0.15) is 5.26 Å². The second kappa shape index (κ2) is 7.76. The number of esters is 1. The summed E-state index contributed by atoms with van der Waals surface area (Å²) < 4.78 is 5.04. The van der Waals surface area contributed by atoms with E-state index in [4.69, 9.17) is 10.00 Å². The number of anilines is 2. The molecule has 0 bridgehead atoms. The standard InChI is InChI=1S/C17H12N4O5S/c18-10-27-13-4-1-11(2-5-13)19-16(22)8-20-9-17(23)26-15-7-12(21(24)25)3-6-14(15)20/h1-7H,8-9H2,(H,19,22). The second-order valence-electron chi connectivity index (χ2n) is 5.51. The Balaban J connectivity index is 1.72. The van der Waals surface area contributed by atoms with Crippen molar-refractivity contribution in [3.8, 4) is 11.2 Å². The first-order valence-corrected chi connectivity index (χ1v) is 8.48. The molecule has 0 fully saturated rings. The van der Waals surface area contributed by atoms with Gasteiger partial charge in [-0.15, -0.1) is 0 Å². The summed E-state index contributed by atoms with van der Waals surface area (Å²) in [7, 11) is 0. The third-order valence-electron chi connectivity index (χ3n) is 3.67. The molecular formula is C17H12N4O5S. The van der Waals surface area contributed by atoms with Crippen LogP contribution in [0.25, 0.3) is 0 Å². The largest absolute Gasteiger partial charge is 0.423 e. The van der Waals surface area contributed by atoms with E-state index in [1.165, 1.54) is 17.0 Å². The number of nitrogens with zero attached hydrogens (tertiary/aromatic N) is 3. The number of ether oxygens (including phenoxy) is 1. The number of hydrogen-bond donors (Lipinski definition) is 1. The minimum Gasteiger partial charge on any atom is -0.423 e. The van der Waals surface area contributed by atoms with Gasteiger partial charge in [0.1, 0.15) is 11.9 Å². The van der Waals surface area contributed by atoms with Crippen LogP contribution in [0.15, 0.2) is 47.4 Å². The Morgan fingerprint density at radius 1 is 1.33 bits per heavy atom. The molecule has 2 aromatic rings. The lowest BCUT2D eigenvalue weighted by atomic mass is 10.2. The molecule has 2 aromatic carbocycles. The van der Waals surface area contributed by atoms with Crippen LogP contribution in [0.3, 0.4) is 0 Å². The summed E-state index contributed by atoms with van der Waals surface area (Å²) >= 11 is 1.01. The van der Waals surface area contributed by atoms with Crippen molar-refractivity contribution in [1.29, 1.82) is 5.26 Å². The highest BCUT2D eigenvalue weighted by Gasteiger charge is 2.27. The number of nitrogens with one attached hydrogen (secondary N) is 1. The van der Waals surface area contributed by atoms with E-state index in [0.29, 0.717) is 11.4 Å². The van der Waals surface area contributed by atoms with Crippen LogP contribution in [0.2, 0.25) is 0 Å². The van der Waals surface area contributed by atoms with E-state index in [1.807, 2.05) is 5.40 Å². The molecule has 0 aromatic heterocycles. The van der Waals surface area contributed by atoms with E-state index < -0.39 is 10.9 Å². The Bertz CT molecular complexity index is 955. The van der Waals surface area contributed by atoms with Gasteiger partial charge in [0.2, 0.25) is 5.91 Å². The summed E-state index contributed by atoms with van der Waals surface area (Å²) in [4.78, 5) is 36.6. The van der Waals surface area contributed by atoms with Crippen molar-refractivity contribution in [3.05, 3.63) is 52.6 Å². The molecule has 0 radical (unpaired) electrons. The first-order valence-electron chi connectivity index (χ1n) is 7.66. The van der Waals surface area contributed by atoms with Crippen LogP contribution in [0.4, 0.5) is 17.1 Å². The molecular weight excluding hydrogens is 372 g/mol. The van der Waals surface area contributed by atoms with Crippen LogP contribution < -0.4 is 15.0 Å². The number of carbonyl (C=O) groups is 2. The molecule has 0 unspecified atom stereocenters. The summed E-state index contributed by atoms with van der Waals surface area (Å²) in [6, 6.07) is 10.6. The number of non-ortho nitro benzene ring substituents is 1. The van der Waals surface area contributed by atoms with Crippen LogP contribution in [0, 0.1) is 20.8 Å². The molecule has 0 aliphatic carbocycles. The zero-order valence-electron chi connectivity index (χ0n) is 13.7. The van der Waals surface area contributed by atoms with Crippen molar-refractivity contribution in [3.63, 3.8) is 0 Å². The number of thiocyanates is 1. The van der Waals surface area contributed by atoms with Gasteiger partial charge in [-0.25, -0.2) is 4.79 Å². The summed E-state index contributed by atoms with van der Waals surface area (Å²) in [6.45, 7) is -0.273. The molecule has 9 nitrogen and oxygen atoms in total. The lowest BCUT2D eigenvalue weighted by Crippen LogP contribution is -2.41. The van der Waals surface area contributed by atoms with Crippen LogP contribution in [0.1, 0.15) is 0 Å². The molecule has 10 heteroatoms. The van der Waals surface area contributed by atoms with E-state index in [1.54, 1.807) is 24.3 Å². The fourth-order valence-corrected chi connectivity index (χ4v) is 2.91. The number of benzene rings is 2. The Kier molecular flexibility index (Phi) is 5.23. The summed E-state index contributed by atoms with van der Waals surface area (Å²) in [5, 5.41) is 24.2. The van der Waals surface area contributed by atoms with Gasteiger partial charge in [-0.3, -0.25) is 14.9 Å². The molecule has 136 valence electrons. The number of hydrogen-bond acceptors (Lipinski definition) is 8. The Morgan fingerprint density at radius 3 is 2.74 bits per heavy atom. The number of amides is 1. The quantitative estimate of drug-likeness (QED) is 0.208. The van der Waals surface area contributed by atoms with Gasteiger partial charge >= 0.3 is 5.97 Å². The van der Waals surface area contributed by atoms with E-state index >= 15 is 0 Å². The summed E-state index contributed by atoms with van der Waals surface area (Å²) in [6.07, 6.45) is 0. The van der Waals surface area contributed by atoms with Crippen LogP contribution >= 0.6 is 11.8 Å². The molecule has 1 heterocycles. The smallest absolute Gasteiger partial charge is 0.331 e. The third-order valence-corrected chi connectivity index (χ3v) is 4.27. The molecule has 0 saturated heterocycles. The maximum atomic E-state index is 12.3. The zero-order valence-corrected chi connectivity index (χ0v) is 14.6. The fraction of sp³-hybridized carbons (Fsp3) is 0.118. The number of thioether (sulfide) groups is 1. The maximum Gasteiger partial charge on any atom is 0.331 e. The number of nitro benzene ring substituents is 1. The highest BCUT2D eigenvalue weighted by molar-refractivity contribution is 8.03. The normalized spacial score (nSPS) is 12.6. The van der Waals surface area contributed by atoms with Gasteiger partial charge < -0.3 is 15.0 Å². The van der Waals surface area contributed by atoms with E-state index in [9.17, 15) is 19.7 Å². The lowest BCUT2D eigenvalue weighted by Gasteiger charge is -2.28. The Labute approximate surface area is 157 Å². The molecule has 1 aliphatic rings. The fourth-order valence-electron chi connectivity index (χ4n) is 2.53. The average molecular weight is 384 g/mol. The molecule has 1 amide bonds. The van der Waals surface area contributed by atoms with E-state index in [0.717, 1.165) is 22.7 Å². The predicted molar refractivity (Wildman–Crippen MR) is 97.5 cm³/mol. The summed E-state index contributed by atoms with van der Waals surface area (Å²) in [5.74, 6) is -0.922. The van der Waals surface area contributed by atoms with Gasteiger partial charge in [0.05, 0.1) is 23.2 Å². The SMILES string of the molecule is N#CSc1ccc(NC(=O)CN2CC(=O)Oc3cc([N+](=O)[O-])ccc32)cc1. The van der Waals surface area contributed by atoms with Crippen molar-refractivity contribution in [2.24, 2.45) is 0 Å². The average Bonchev–Trinajstić information content (AvgIpc) is 2.62. The third kappa shape index (κ3) is 4.34. The topological polar surface area (TPSA) is 126 Å². The van der Waals surface area contributed by atoms with E-state index in [-0.39, 0.29) is 30.4 Å². The predicted octanol–water partition coefficient (Wildman–Crippen LogP) is 2.53. The first-order chi connectivity index (χ1) is 13.0. The number of nitro groups is 1. The highest BCUT2D eigenvalue weighted by Crippen LogP contribution is 2.35. The van der Waals surface area contributed by atoms with Crippen LogP contribution in [-0.4, -0.2) is 29.9 Å². The van der Waals surface area contributed by atoms with Crippen molar-refractivity contribution in [2.75, 3.05) is 23.3 Å². The molecule has 0 saturated carbocycles. The lowest BCUT2D eigenvalue weighted by molar-refractivity contribution is -0.384. The van der Waals surface area contributed by atoms with E-state index in [2.05, 4.69) is 5.32 Å². The summed E-state index contributed by atoms with van der Waals surface area (Å²) in [5.41, 5.74) is 0.769.